The summed E-state index contributed by atoms with van der Waals surface area (Å²) in [7, 11) is 3.13. The number of alkyl halides is 2. The van der Waals surface area contributed by atoms with Gasteiger partial charge in [-0.15, -0.1) is 10.2 Å². The lowest BCUT2D eigenvalue weighted by molar-refractivity contribution is 0.142. The van der Waals surface area contributed by atoms with Crippen LogP contribution in [0.2, 0.25) is 0 Å². The number of fused-ring (bicyclic) bond motifs is 1. The van der Waals surface area contributed by atoms with Crippen LogP contribution >= 0.6 is 0 Å². The second-order valence-corrected chi connectivity index (χ2v) is 7.71. The lowest BCUT2D eigenvalue weighted by atomic mass is 10.1. The number of rotatable bonds is 7. The molecule has 0 fully saturated rings. The molecule has 5 aromatic rings. The fraction of sp³-hybridized carbons (Fsp3) is 0.182. The third-order valence-electron chi connectivity index (χ3n) is 5.23. The number of H-pyrrole nitrogens is 1. The van der Waals surface area contributed by atoms with Crippen molar-refractivity contribution >= 4 is 34.2 Å². The van der Waals surface area contributed by atoms with Gasteiger partial charge in [0.05, 0.1) is 43.0 Å². The molecule has 4 aromatic heterocycles. The number of aromatic amines is 1. The number of nitrogens with one attached hydrogen (secondary N) is 3. The van der Waals surface area contributed by atoms with E-state index in [0.29, 0.717) is 34.2 Å². The number of pyridine rings is 1. The molecule has 0 bridgehead atoms. The number of tetrazole rings is 1. The summed E-state index contributed by atoms with van der Waals surface area (Å²) >= 11 is 0. The number of aromatic nitrogens is 9. The quantitative estimate of drug-likeness (QED) is 0.296. The van der Waals surface area contributed by atoms with Crippen LogP contribution < -0.4 is 15.4 Å². The van der Waals surface area contributed by atoms with Gasteiger partial charge in [-0.25, -0.2) is 23.7 Å². The molecular weight excluding hydrogens is 486 g/mol. The number of methoxy groups -OCH3 is 1. The molecular formula is C22H18F2N12O. The first-order valence-electron chi connectivity index (χ1n) is 10.7. The molecule has 0 aliphatic carbocycles. The number of hydrogen-bond acceptors (Lipinski definition) is 11. The number of halogens is 2. The zero-order valence-corrected chi connectivity index (χ0v) is 19.7. The standard InChI is InChI=1S/C22H18F2N12O/c1-10-14(8-25)28-16(9-26-10)29-15-7-13(17-21(30-15)32-22(31-17)19(23)24)27-12-6-4-5-11(18(12)37-3)20-33-35-36(2)34-20/h4-7,9,19H,1-3H3,(H3,27,28,29,30,31,32). The highest BCUT2D eigenvalue weighted by molar-refractivity contribution is 5.92. The van der Waals surface area contributed by atoms with Crippen LogP contribution in [0.3, 0.4) is 0 Å². The third-order valence-corrected chi connectivity index (χ3v) is 5.23. The van der Waals surface area contributed by atoms with Crippen molar-refractivity contribution in [1.82, 2.24) is 45.1 Å². The number of anilines is 4. The lowest BCUT2D eigenvalue weighted by Crippen LogP contribution is -2.03. The van der Waals surface area contributed by atoms with Crippen molar-refractivity contribution in [3.63, 3.8) is 0 Å². The van der Waals surface area contributed by atoms with Crippen molar-refractivity contribution in [2.75, 3.05) is 17.7 Å². The summed E-state index contributed by atoms with van der Waals surface area (Å²) in [6.45, 7) is 1.66. The average molecular weight is 504 g/mol. The van der Waals surface area contributed by atoms with Gasteiger partial charge in [-0.05, 0) is 24.3 Å². The summed E-state index contributed by atoms with van der Waals surface area (Å²) in [5.74, 6) is 0.710. The third kappa shape index (κ3) is 4.55. The molecule has 0 spiro atoms. The molecule has 0 aliphatic rings. The fourth-order valence-corrected chi connectivity index (χ4v) is 3.59. The van der Waals surface area contributed by atoms with Crippen LogP contribution in [0.4, 0.5) is 31.8 Å². The molecule has 186 valence electrons. The van der Waals surface area contributed by atoms with Gasteiger partial charge >= 0.3 is 0 Å². The van der Waals surface area contributed by atoms with E-state index in [1.807, 2.05) is 6.07 Å². The number of benzene rings is 1. The summed E-state index contributed by atoms with van der Waals surface area (Å²) in [6.07, 6.45) is -1.40. The van der Waals surface area contributed by atoms with Crippen molar-refractivity contribution in [3.05, 3.63) is 47.7 Å². The number of para-hydroxylation sites is 1. The van der Waals surface area contributed by atoms with Crippen molar-refractivity contribution in [1.29, 1.82) is 5.26 Å². The SMILES string of the molecule is COc1c(Nc2cc(Nc3cnc(C)c(C#N)n3)nc3[nH]c(C(F)F)nc23)cccc1-c1nnn(C)n1. The molecule has 13 nitrogen and oxygen atoms in total. The van der Waals surface area contributed by atoms with Crippen LogP contribution in [0.25, 0.3) is 22.6 Å². The van der Waals surface area contributed by atoms with Gasteiger partial charge in [0.15, 0.2) is 28.7 Å². The minimum atomic E-state index is -2.83. The molecule has 1 aromatic carbocycles. The lowest BCUT2D eigenvalue weighted by Gasteiger charge is -2.15. The predicted molar refractivity (Wildman–Crippen MR) is 128 cm³/mol. The molecule has 0 amide bonds. The van der Waals surface area contributed by atoms with Crippen LogP contribution in [0, 0.1) is 18.3 Å². The van der Waals surface area contributed by atoms with Crippen molar-refractivity contribution in [3.8, 4) is 23.2 Å². The zero-order valence-electron chi connectivity index (χ0n) is 19.7. The number of aryl methyl sites for hydroxylation is 2. The molecule has 0 saturated heterocycles. The molecule has 37 heavy (non-hydrogen) atoms. The van der Waals surface area contributed by atoms with E-state index in [1.165, 1.54) is 18.1 Å². The van der Waals surface area contributed by atoms with Gasteiger partial charge in [0.25, 0.3) is 6.43 Å². The second kappa shape index (κ2) is 9.41. The second-order valence-electron chi connectivity index (χ2n) is 7.71. The minimum absolute atomic E-state index is 0.106. The molecule has 0 aliphatic heterocycles. The van der Waals surface area contributed by atoms with Gasteiger partial charge in [0.2, 0.25) is 5.82 Å². The van der Waals surface area contributed by atoms with Crippen molar-refractivity contribution in [2.24, 2.45) is 7.05 Å². The number of nitriles is 1. The number of nitrogens with zero attached hydrogens (tertiary/aromatic N) is 9. The average Bonchev–Trinajstić information content (AvgIpc) is 3.51. The molecule has 0 unspecified atom stereocenters. The van der Waals surface area contributed by atoms with E-state index in [2.05, 4.69) is 51.0 Å². The molecule has 15 heteroatoms. The summed E-state index contributed by atoms with van der Waals surface area (Å²) in [5, 5.41) is 27.5. The summed E-state index contributed by atoms with van der Waals surface area (Å²) in [6, 6.07) is 8.80. The number of ether oxygens (including phenoxy) is 1. The number of hydrogen-bond donors (Lipinski definition) is 3. The predicted octanol–water partition coefficient (Wildman–Crippen LogP) is 3.55. The minimum Gasteiger partial charge on any atom is -0.494 e. The van der Waals surface area contributed by atoms with E-state index >= 15 is 0 Å². The Hall–Kier alpha value is -5.26. The first kappa shape index (κ1) is 23.5. The van der Waals surface area contributed by atoms with Crippen LogP contribution in [-0.4, -0.2) is 52.2 Å². The van der Waals surface area contributed by atoms with Crippen LogP contribution in [-0.2, 0) is 7.05 Å². The van der Waals surface area contributed by atoms with Crippen molar-refractivity contribution in [2.45, 2.75) is 13.3 Å². The van der Waals surface area contributed by atoms with E-state index in [9.17, 15) is 14.0 Å². The monoisotopic (exact) mass is 504 g/mol. The van der Waals surface area contributed by atoms with Gasteiger partial charge in [-0.1, -0.05) is 6.07 Å². The van der Waals surface area contributed by atoms with Crippen LogP contribution in [0.15, 0.2) is 30.5 Å². The van der Waals surface area contributed by atoms with E-state index in [0.717, 1.165) is 0 Å². The van der Waals surface area contributed by atoms with Gasteiger partial charge < -0.3 is 20.4 Å². The highest BCUT2D eigenvalue weighted by Gasteiger charge is 2.20. The molecule has 0 saturated carbocycles. The Morgan fingerprint density at radius 1 is 1.14 bits per heavy atom. The summed E-state index contributed by atoms with van der Waals surface area (Å²) in [5.41, 5.74) is 2.31. The fourth-order valence-electron chi connectivity index (χ4n) is 3.59. The zero-order chi connectivity index (χ0) is 26.1. The highest BCUT2D eigenvalue weighted by atomic mass is 19.3. The van der Waals surface area contributed by atoms with E-state index in [-0.39, 0.29) is 28.5 Å². The Labute approximate surface area is 207 Å². The Morgan fingerprint density at radius 2 is 1.97 bits per heavy atom. The Morgan fingerprint density at radius 3 is 2.68 bits per heavy atom. The smallest absolute Gasteiger partial charge is 0.295 e. The molecule has 0 radical (unpaired) electrons. The topological polar surface area (TPSA) is 168 Å². The largest absolute Gasteiger partial charge is 0.494 e. The highest BCUT2D eigenvalue weighted by Crippen LogP contribution is 2.38. The van der Waals surface area contributed by atoms with Gasteiger partial charge in [-0.2, -0.15) is 10.1 Å². The van der Waals surface area contributed by atoms with Crippen LogP contribution in [0.1, 0.15) is 23.6 Å². The maximum atomic E-state index is 13.4. The first-order valence-corrected chi connectivity index (χ1v) is 10.7. The van der Waals surface area contributed by atoms with E-state index in [1.54, 1.807) is 38.2 Å². The van der Waals surface area contributed by atoms with Gasteiger partial charge in [0, 0.05) is 6.07 Å². The Balaban J connectivity index is 1.59. The summed E-state index contributed by atoms with van der Waals surface area (Å²) < 4.78 is 32.5. The molecule has 5 rings (SSSR count). The molecule has 4 heterocycles. The van der Waals surface area contributed by atoms with Crippen molar-refractivity contribution < 1.29 is 13.5 Å². The number of imidazole rings is 1. The Bertz CT molecular complexity index is 1660. The maximum absolute atomic E-state index is 13.4. The Kier molecular flexibility index (Phi) is 5.97. The van der Waals surface area contributed by atoms with E-state index < -0.39 is 12.2 Å². The molecule has 3 N–H and O–H groups in total. The first-order chi connectivity index (χ1) is 17.9. The van der Waals surface area contributed by atoms with Gasteiger partial charge in [0.1, 0.15) is 17.4 Å². The maximum Gasteiger partial charge on any atom is 0.295 e. The normalized spacial score (nSPS) is 11.1. The summed E-state index contributed by atoms with van der Waals surface area (Å²) in [4.78, 5) is 20.6. The molecule has 0 atom stereocenters. The van der Waals surface area contributed by atoms with E-state index in [4.69, 9.17) is 4.74 Å². The van der Waals surface area contributed by atoms with Gasteiger partial charge in [-0.3, -0.25) is 4.98 Å². The van der Waals surface area contributed by atoms with Crippen LogP contribution in [0.5, 0.6) is 5.75 Å².